The van der Waals surface area contributed by atoms with Gasteiger partial charge in [-0.25, -0.2) is 4.39 Å². The molecule has 1 unspecified atom stereocenters. The fourth-order valence-corrected chi connectivity index (χ4v) is 4.15. The van der Waals surface area contributed by atoms with Gasteiger partial charge in [-0.15, -0.1) is 0 Å². The number of likely N-dealkylation sites (tertiary alicyclic amines) is 1. The van der Waals surface area contributed by atoms with Crippen LogP contribution in [0.5, 0.6) is 0 Å². The molecule has 0 radical (unpaired) electrons. The number of hydrogen-bond donors (Lipinski definition) is 2. The fraction of sp³-hybridized carbons (Fsp3) is 0.417. The molecule has 1 heterocycles. The largest absolute Gasteiger partial charge is 0.385 e. The van der Waals surface area contributed by atoms with Crippen LogP contribution in [0.25, 0.3) is 0 Å². The molecule has 1 fully saturated rings. The van der Waals surface area contributed by atoms with Crippen LogP contribution in [-0.2, 0) is 12.0 Å². The van der Waals surface area contributed by atoms with E-state index in [-0.39, 0.29) is 5.82 Å². The van der Waals surface area contributed by atoms with Gasteiger partial charge in [0.25, 0.3) is 0 Å². The molecule has 1 aliphatic heterocycles. The molecule has 5 heteroatoms. The third-order valence-electron chi connectivity index (χ3n) is 5.70. The van der Waals surface area contributed by atoms with Gasteiger partial charge in [-0.1, -0.05) is 54.6 Å². The summed E-state index contributed by atoms with van der Waals surface area (Å²) in [4.78, 5) is 2.17. The van der Waals surface area contributed by atoms with Crippen molar-refractivity contribution in [2.45, 2.75) is 44.8 Å². The lowest BCUT2D eigenvalue weighted by molar-refractivity contribution is -0.0236. The van der Waals surface area contributed by atoms with E-state index in [4.69, 9.17) is 11.6 Å². The van der Waals surface area contributed by atoms with Gasteiger partial charge in [0.05, 0.1) is 12.1 Å². The molecule has 0 saturated carbocycles. The van der Waals surface area contributed by atoms with Crippen molar-refractivity contribution in [2.24, 2.45) is 0 Å². The zero-order valence-corrected chi connectivity index (χ0v) is 17.6. The van der Waals surface area contributed by atoms with E-state index in [9.17, 15) is 14.6 Å². The van der Waals surface area contributed by atoms with Crippen molar-refractivity contribution in [3.8, 4) is 11.8 Å². The third-order valence-corrected chi connectivity index (χ3v) is 6.23. The van der Waals surface area contributed by atoms with Crippen molar-refractivity contribution in [1.29, 1.82) is 0 Å². The molecule has 2 N–H and O–H groups in total. The number of aliphatic hydroxyl groups is 2. The second-order valence-corrected chi connectivity index (χ2v) is 8.04. The predicted octanol–water partition coefficient (Wildman–Crippen LogP) is 4.37. The van der Waals surface area contributed by atoms with Gasteiger partial charge in [-0.05, 0) is 60.6 Å². The zero-order chi connectivity index (χ0) is 21.0. The molecule has 2 aromatic carbocycles. The van der Waals surface area contributed by atoms with Crippen LogP contribution in [0.4, 0.5) is 4.39 Å². The Kier molecular flexibility index (Phi) is 6.97. The van der Waals surface area contributed by atoms with Gasteiger partial charge in [0.15, 0.2) is 0 Å². The van der Waals surface area contributed by atoms with E-state index in [0.29, 0.717) is 38.0 Å². The minimum atomic E-state index is -0.931. The number of aliphatic hydroxyl groups excluding tert-OH is 1. The van der Waals surface area contributed by atoms with E-state index in [1.54, 1.807) is 0 Å². The minimum absolute atomic E-state index is 0.337. The number of hydrogen-bond acceptors (Lipinski definition) is 3. The summed E-state index contributed by atoms with van der Waals surface area (Å²) in [5.41, 5.74) is 2.71. The normalized spacial score (nSPS) is 17.4. The molecule has 0 amide bonds. The fourth-order valence-electron chi connectivity index (χ4n) is 3.85. The van der Waals surface area contributed by atoms with Crippen LogP contribution in [0.2, 0.25) is 5.02 Å². The Balaban J connectivity index is 1.61. The smallest absolute Gasteiger partial charge is 0.140 e. The van der Waals surface area contributed by atoms with Crippen LogP contribution in [0.15, 0.2) is 36.4 Å². The molecule has 0 bridgehead atoms. The van der Waals surface area contributed by atoms with Crippen LogP contribution < -0.4 is 0 Å². The number of piperidine rings is 1. The molecule has 154 valence electrons. The number of nitrogens with zero attached hydrogens (tertiary/aromatic N) is 1. The van der Waals surface area contributed by atoms with Gasteiger partial charge in [0.2, 0.25) is 0 Å². The van der Waals surface area contributed by atoms with Gasteiger partial charge in [0, 0.05) is 18.1 Å². The molecule has 1 saturated heterocycles. The van der Waals surface area contributed by atoms with Crippen molar-refractivity contribution in [2.75, 3.05) is 19.6 Å². The Bertz CT molecular complexity index is 909. The van der Waals surface area contributed by atoms with Crippen LogP contribution in [0, 0.1) is 24.6 Å². The monoisotopic (exact) mass is 415 g/mol. The lowest BCUT2D eigenvalue weighted by Crippen LogP contribution is -2.43. The third kappa shape index (κ3) is 4.99. The molecule has 1 atom stereocenters. The first-order valence-electron chi connectivity index (χ1n) is 9.99. The first-order chi connectivity index (χ1) is 13.8. The summed E-state index contributed by atoms with van der Waals surface area (Å²) in [7, 11) is 0. The Hall–Kier alpha value is -1.90. The van der Waals surface area contributed by atoms with E-state index >= 15 is 0 Å². The molecule has 2 aromatic rings. The van der Waals surface area contributed by atoms with Crippen molar-refractivity contribution in [3.63, 3.8) is 0 Å². The molecule has 29 heavy (non-hydrogen) atoms. The highest BCUT2D eigenvalue weighted by Crippen LogP contribution is 2.38. The van der Waals surface area contributed by atoms with Crippen molar-refractivity contribution < 1.29 is 14.6 Å². The Labute approximate surface area is 177 Å². The van der Waals surface area contributed by atoms with E-state index in [0.717, 1.165) is 28.1 Å². The average molecular weight is 416 g/mol. The maximum Gasteiger partial charge on any atom is 0.140 e. The van der Waals surface area contributed by atoms with Crippen molar-refractivity contribution in [3.05, 3.63) is 69.5 Å². The Morgan fingerprint density at radius 3 is 2.45 bits per heavy atom. The topological polar surface area (TPSA) is 43.7 Å². The molecule has 0 aliphatic carbocycles. The maximum atomic E-state index is 13.0. The second kappa shape index (κ2) is 9.28. The highest BCUT2D eigenvalue weighted by molar-refractivity contribution is 6.32. The Morgan fingerprint density at radius 1 is 1.17 bits per heavy atom. The lowest BCUT2D eigenvalue weighted by atomic mass is 9.81. The summed E-state index contributed by atoms with van der Waals surface area (Å²) in [5, 5.41) is 22.1. The molecule has 1 aliphatic rings. The second-order valence-electron chi connectivity index (χ2n) is 7.66. The molecular weight excluding hydrogens is 389 g/mol. The molecule has 0 aromatic heterocycles. The van der Waals surface area contributed by atoms with E-state index in [1.165, 1.54) is 24.3 Å². The zero-order valence-electron chi connectivity index (χ0n) is 16.9. The molecule has 3 nitrogen and oxygen atoms in total. The Morgan fingerprint density at radius 2 is 1.83 bits per heavy atom. The van der Waals surface area contributed by atoms with Crippen LogP contribution in [0.1, 0.15) is 48.1 Å². The van der Waals surface area contributed by atoms with Gasteiger partial charge < -0.3 is 10.2 Å². The SMILES string of the molecule is CCc1c(C2(O)CCN(CC#CC(O)c3ccc(F)cc3)CC2)ccc(C)c1Cl. The standard InChI is InChI=1S/C24H27ClFNO2/c1-3-20-21(11-6-17(2)23(20)25)24(29)12-15-27(16-13-24)14-4-5-22(28)18-7-9-19(26)10-8-18/h6-11,22,28-29H,3,12-16H2,1-2H3. The van der Waals surface area contributed by atoms with Gasteiger partial charge in [-0.2, -0.15) is 0 Å². The van der Waals surface area contributed by atoms with Crippen LogP contribution in [0.3, 0.4) is 0 Å². The van der Waals surface area contributed by atoms with Crippen LogP contribution in [-0.4, -0.2) is 34.7 Å². The molecular formula is C24H27ClFNO2. The van der Waals surface area contributed by atoms with Gasteiger partial charge >= 0.3 is 0 Å². The van der Waals surface area contributed by atoms with E-state index in [1.807, 2.05) is 19.1 Å². The quantitative estimate of drug-likeness (QED) is 0.729. The number of aryl methyl sites for hydroxylation is 1. The van der Waals surface area contributed by atoms with Gasteiger partial charge in [0.1, 0.15) is 11.9 Å². The summed E-state index contributed by atoms with van der Waals surface area (Å²) >= 11 is 6.48. The number of rotatable bonds is 4. The first-order valence-corrected chi connectivity index (χ1v) is 10.4. The van der Waals surface area contributed by atoms with Crippen molar-refractivity contribution in [1.82, 2.24) is 4.90 Å². The summed E-state index contributed by atoms with van der Waals surface area (Å²) in [5.74, 6) is 5.48. The molecule has 3 rings (SSSR count). The highest BCUT2D eigenvalue weighted by Gasteiger charge is 2.35. The van der Waals surface area contributed by atoms with E-state index < -0.39 is 11.7 Å². The average Bonchev–Trinajstić information content (AvgIpc) is 2.71. The lowest BCUT2D eigenvalue weighted by Gasteiger charge is -2.39. The maximum absolute atomic E-state index is 13.0. The highest BCUT2D eigenvalue weighted by atomic mass is 35.5. The van der Waals surface area contributed by atoms with E-state index in [2.05, 4.69) is 23.7 Å². The number of benzene rings is 2. The predicted molar refractivity (Wildman–Crippen MR) is 114 cm³/mol. The van der Waals surface area contributed by atoms with Crippen LogP contribution >= 0.6 is 11.6 Å². The summed E-state index contributed by atoms with van der Waals surface area (Å²) in [6.45, 7) is 5.99. The first kappa shape index (κ1) is 21.8. The summed E-state index contributed by atoms with van der Waals surface area (Å²) < 4.78 is 13.0. The summed E-state index contributed by atoms with van der Waals surface area (Å²) in [6, 6.07) is 9.68. The minimum Gasteiger partial charge on any atom is -0.385 e. The van der Waals surface area contributed by atoms with Gasteiger partial charge in [-0.3, -0.25) is 4.90 Å². The molecule has 0 spiro atoms. The summed E-state index contributed by atoms with van der Waals surface area (Å²) in [6.07, 6.45) is 1.08. The number of halogens is 2. The van der Waals surface area contributed by atoms with Crippen molar-refractivity contribution >= 4 is 11.6 Å².